The SMILES string of the molecule is Cc1ccn(-c2ccc(N(C)Cc3ccc(Cl)c(F)c3)nn2)n1. The van der Waals surface area contributed by atoms with E-state index >= 15 is 0 Å². The lowest BCUT2D eigenvalue weighted by molar-refractivity contribution is 0.625. The Morgan fingerprint density at radius 1 is 1.17 bits per heavy atom. The molecule has 5 nitrogen and oxygen atoms in total. The molecule has 0 aliphatic carbocycles. The molecule has 0 aliphatic heterocycles. The van der Waals surface area contributed by atoms with Crippen molar-refractivity contribution in [3.05, 3.63) is 64.7 Å². The number of hydrogen-bond acceptors (Lipinski definition) is 4. The second-order valence-electron chi connectivity index (χ2n) is 5.26. The van der Waals surface area contributed by atoms with Crippen LogP contribution in [-0.2, 0) is 6.54 Å². The molecule has 1 aromatic carbocycles. The van der Waals surface area contributed by atoms with Gasteiger partial charge in [0, 0.05) is 19.8 Å². The van der Waals surface area contributed by atoms with Gasteiger partial charge in [-0.3, -0.25) is 0 Å². The first kappa shape index (κ1) is 15.4. The maximum Gasteiger partial charge on any atom is 0.175 e. The zero-order valence-corrected chi connectivity index (χ0v) is 13.5. The average Bonchev–Trinajstić information content (AvgIpc) is 2.97. The van der Waals surface area contributed by atoms with E-state index in [0.29, 0.717) is 18.2 Å². The van der Waals surface area contributed by atoms with Gasteiger partial charge in [0.05, 0.1) is 10.7 Å². The lowest BCUT2D eigenvalue weighted by Gasteiger charge is -2.17. The standard InChI is InChI=1S/C16H15ClFN5/c1-11-7-8-23(21-11)16-6-5-15(19-20-16)22(2)10-12-3-4-13(17)14(18)9-12/h3-9H,10H2,1-2H3. The Kier molecular flexibility index (Phi) is 4.25. The summed E-state index contributed by atoms with van der Waals surface area (Å²) in [4.78, 5) is 1.88. The second kappa shape index (κ2) is 6.34. The number of aromatic nitrogens is 4. The van der Waals surface area contributed by atoms with Crippen LogP contribution in [0.3, 0.4) is 0 Å². The van der Waals surface area contributed by atoms with Crippen LogP contribution in [0, 0.1) is 12.7 Å². The van der Waals surface area contributed by atoms with Gasteiger partial charge in [-0.1, -0.05) is 17.7 Å². The highest BCUT2D eigenvalue weighted by molar-refractivity contribution is 6.30. The molecule has 7 heteroatoms. The van der Waals surface area contributed by atoms with Crippen molar-refractivity contribution in [2.24, 2.45) is 0 Å². The summed E-state index contributed by atoms with van der Waals surface area (Å²) in [6.45, 7) is 2.42. The molecule has 23 heavy (non-hydrogen) atoms. The maximum absolute atomic E-state index is 13.5. The molecule has 0 N–H and O–H groups in total. The molecule has 0 unspecified atom stereocenters. The third-order valence-corrected chi connectivity index (χ3v) is 3.69. The molecule has 3 aromatic rings. The first-order valence-corrected chi connectivity index (χ1v) is 7.42. The minimum atomic E-state index is -0.423. The minimum Gasteiger partial charge on any atom is -0.354 e. The Morgan fingerprint density at radius 3 is 2.61 bits per heavy atom. The van der Waals surface area contributed by atoms with Crippen molar-refractivity contribution in [1.82, 2.24) is 20.0 Å². The predicted octanol–water partition coefficient (Wildman–Crippen LogP) is 3.40. The number of rotatable bonds is 4. The van der Waals surface area contributed by atoms with Crippen LogP contribution in [-0.4, -0.2) is 27.0 Å². The van der Waals surface area contributed by atoms with E-state index in [9.17, 15) is 4.39 Å². The normalized spacial score (nSPS) is 10.8. The van der Waals surface area contributed by atoms with Gasteiger partial charge in [0.2, 0.25) is 0 Å². The second-order valence-corrected chi connectivity index (χ2v) is 5.66. The van der Waals surface area contributed by atoms with Gasteiger partial charge in [0.1, 0.15) is 5.82 Å². The van der Waals surface area contributed by atoms with E-state index in [2.05, 4.69) is 15.3 Å². The lowest BCUT2D eigenvalue weighted by atomic mass is 10.2. The number of benzene rings is 1. The smallest absolute Gasteiger partial charge is 0.175 e. The van der Waals surface area contributed by atoms with Gasteiger partial charge >= 0.3 is 0 Å². The zero-order valence-electron chi connectivity index (χ0n) is 12.7. The molecule has 0 bridgehead atoms. The summed E-state index contributed by atoms with van der Waals surface area (Å²) in [5.74, 6) is 0.911. The molecule has 2 heterocycles. The fraction of sp³-hybridized carbons (Fsp3) is 0.188. The molecule has 3 rings (SSSR count). The monoisotopic (exact) mass is 331 g/mol. The molecule has 0 fully saturated rings. The molecule has 2 aromatic heterocycles. The lowest BCUT2D eigenvalue weighted by Crippen LogP contribution is -2.18. The van der Waals surface area contributed by atoms with E-state index in [0.717, 1.165) is 11.3 Å². The van der Waals surface area contributed by atoms with Crippen LogP contribution in [0.5, 0.6) is 0 Å². The molecule has 0 saturated heterocycles. The van der Waals surface area contributed by atoms with Crippen LogP contribution >= 0.6 is 11.6 Å². The number of nitrogens with zero attached hydrogens (tertiary/aromatic N) is 5. The number of hydrogen-bond donors (Lipinski definition) is 0. The Labute approximate surface area is 138 Å². The fourth-order valence-corrected chi connectivity index (χ4v) is 2.30. The molecule has 0 radical (unpaired) electrons. The van der Waals surface area contributed by atoms with Crippen molar-refractivity contribution in [3.8, 4) is 5.82 Å². The highest BCUT2D eigenvalue weighted by Gasteiger charge is 2.08. The summed E-state index contributed by atoms with van der Waals surface area (Å²) >= 11 is 5.69. The van der Waals surface area contributed by atoms with E-state index < -0.39 is 5.82 Å². The highest BCUT2D eigenvalue weighted by Crippen LogP contribution is 2.18. The Bertz CT molecular complexity index is 816. The van der Waals surface area contributed by atoms with Crippen molar-refractivity contribution in [2.75, 3.05) is 11.9 Å². The molecular weight excluding hydrogens is 317 g/mol. The molecule has 0 atom stereocenters. The molecular formula is C16H15ClFN5. The van der Waals surface area contributed by atoms with Crippen molar-refractivity contribution < 1.29 is 4.39 Å². The van der Waals surface area contributed by atoms with Crippen LogP contribution < -0.4 is 4.90 Å². The van der Waals surface area contributed by atoms with E-state index in [-0.39, 0.29) is 5.02 Å². The molecule has 0 spiro atoms. The largest absolute Gasteiger partial charge is 0.354 e. The quantitative estimate of drug-likeness (QED) is 0.735. The molecule has 118 valence electrons. The third kappa shape index (κ3) is 3.48. The summed E-state index contributed by atoms with van der Waals surface area (Å²) in [5.41, 5.74) is 1.72. The van der Waals surface area contributed by atoms with Crippen LogP contribution in [0.25, 0.3) is 5.82 Å². The van der Waals surface area contributed by atoms with Crippen LogP contribution in [0.2, 0.25) is 5.02 Å². The summed E-state index contributed by atoms with van der Waals surface area (Å²) in [6.07, 6.45) is 1.83. The van der Waals surface area contributed by atoms with Crippen molar-refractivity contribution in [3.63, 3.8) is 0 Å². The Balaban J connectivity index is 1.74. The van der Waals surface area contributed by atoms with Gasteiger partial charge in [-0.2, -0.15) is 5.10 Å². The van der Waals surface area contributed by atoms with Crippen LogP contribution in [0.15, 0.2) is 42.6 Å². The number of aryl methyl sites for hydroxylation is 1. The van der Waals surface area contributed by atoms with Gasteiger partial charge in [-0.25, -0.2) is 9.07 Å². The Hall–Kier alpha value is -2.47. The first-order valence-electron chi connectivity index (χ1n) is 7.04. The maximum atomic E-state index is 13.5. The van der Waals surface area contributed by atoms with Gasteiger partial charge in [-0.15, -0.1) is 10.2 Å². The summed E-state index contributed by atoms with van der Waals surface area (Å²) in [7, 11) is 1.87. The minimum absolute atomic E-state index is 0.120. The van der Waals surface area contributed by atoms with Crippen LogP contribution in [0.1, 0.15) is 11.3 Å². The zero-order chi connectivity index (χ0) is 16.4. The fourth-order valence-electron chi connectivity index (χ4n) is 2.18. The topological polar surface area (TPSA) is 46.8 Å². The molecule has 0 amide bonds. The number of halogens is 2. The Morgan fingerprint density at radius 2 is 2.00 bits per heavy atom. The van der Waals surface area contributed by atoms with Gasteiger partial charge in [-0.05, 0) is 42.8 Å². The van der Waals surface area contributed by atoms with E-state index in [1.54, 1.807) is 16.8 Å². The number of anilines is 1. The summed E-state index contributed by atoms with van der Waals surface area (Å²) in [5, 5.41) is 12.8. The van der Waals surface area contributed by atoms with Crippen molar-refractivity contribution in [1.29, 1.82) is 0 Å². The van der Waals surface area contributed by atoms with Crippen molar-refractivity contribution >= 4 is 17.4 Å². The van der Waals surface area contributed by atoms with Crippen LogP contribution in [0.4, 0.5) is 10.2 Å². The van der Waals surface area contributed by atoms with Crippen molar-refractivity contribution in [2.45, 2.75) is 13.5 Å². The highest BCUT2D eigenvalue weighted by atomic mass is 35.5. The predicted molar refractivity (Wildman–Crippen MR) is 87.4 cm³/mol. The van der Waals surface area contributed by atoms with Gasteiger partial charge in [0.15, 0.2) is 11.6 Å². The first-order chi connectivity index (χ1) is 11.0. The molecule has 0 aliphatic rings. The van der Waals surface area contributed by atoms with E-state index in [1.165, 1.54) is 6.07 Å². The summed E-state index contributed by atoms with van der Waals surface area (Å²) in [6, 6.07) is 10.4. The van der Waals surface area contributed by atoms with Gasteiger partial charge in [0.25, 0.3) is 0 Å². The van der Waals surface area contributed by atoms with E-state index in [4.69, 9.17) is 11.6 Å². The summed E-state index contributed by atoms with van der Waals surface area (Å²) < 4.78 is 15.2. The average molecular weight is 332 g/mol. The third-order valence-electron chi connectivity index (χ3n) is 3.39. The van der Waals surface area contributed by atoms with E-state index in [1.807, 2.05) is 43.3 Å². The van der Waals surface area contributed by atoms with Gasteiger partial charge < -0.3 is 4.90 Å². The molecule has 0 saturated carbocycles.